The van der Waals surface area contributed by atoms with Gasteiger partial charge >= 0.3 is 5.97 Å². The smallest absolute Gasteiger partial charge is 0.335 e. The number of carboxylic acids is 1. The number of halogens is 1. The SMILES string of the molecule is O=C(O)c1ccc(C(=O)NCCc2cnc(C3CC3)nc2)c(F)c1. The van der Waals surface area contributed by atoms with Crippen molar-refractivity contribution in [1.82, 2.24) is 15.3 Å². The molecule has 124 valence electrons. The van der Waals surface area contributed by atoms with Crippen LogP contribution in [0.5, 0.6) is 0 Å². The lowest BCUT2D eigenvalue weighted by Gasteiger charge is -2.07. The van der Waals surface area contributed by atoms with Crippen molar-refractivity contribution in [3.05, 3.63) is 58.9 Å². The van der Waals surface area contributed by atoms with Crippen molar-refractivity contribution < 1.29 is 19.1 Å². The van der Waals surface area contributed by atoms with Gasteiger partial charge in [-0.25, -0.2) is 19.2 Å². The number of aromatic nitrogens is 2. The second kappa shape index (κ2) is 6.74. The molecule has 0 aliphatic heterocycles. The maximum Gasteiger partial charge on any atom is 0.335 e. The van der Waals surface area contributed by atoms with Gasteiger partial charge in [0.1, 0.15) is 11.6 Å². The fraction of sp³-hybridized carbons (Fsp3) is 0.294. The van der Waals surface area contributed by atoms with Gasteiger partial charge in [-0.1, -0.05) is 0 Å². The van der Waals surface area contributed by atoms with E-state index in [0.29, 0.717) is 18.9 Å². The fourth-order valence-electron chi connectivity index (χ4n) is 2.29. The maximum atomic E-state index is 13.8. The molecule has 0 unspecified atom stereocenters. The van der Waals surface area contributed by atoms with Crippen molar-refractivity contribution in [2.45, 2.75) is 25.2 Å². The standard InChI is InChI=1S/C17H16FN3O3/c18-14-7-12(17(23)24)3-4-13(14)16(22)19-6-5-10-8-20-15(21-9-10)11-1-2-11/h3-4,7-9,11H,1-2,5-6H2,(H,19,22)(H,23,24). The Morgan fingerprint density at radius 2 is 1.96 bits per heavy atom. The first-order valence-electron chi connectivity index (χ1n) is 7.66. The number of aromatic carboxylic acids is 1. The number of nitrogens with zero attached hydrogens (tertiary/aromatic N) is 2. The van der Waals surface area contributed by atoms with Crippen LogP contribution in [0.4, 0.5) is 4.39 Å². The molecule has 1 aliphatic carbocycles. The maximum absolute atomic E-state index is 13.8. The summed E-state index contributed by atoms with van der Waals surface area (Å²) in [5.74, 6) is -1.32. The number of benzene rings is 1. The minimum Gasteiger partial charge on any atom is -0.478 e. The summed E-state index contributed by atoms with van der Waals surface area (Å²) in [7, 11) is 0. The molecule has 2 aromatic rings. The van der Waals surface area contributed by atoms with Crippen molar-refractivity contribution in [3.8, 4) is 0 Å². The van der Waals surface area contributed by atoms with Crippen molar-refractivity contribution in [3.63, 3.8) is 0 Å². The van der Waals surface area contributed by atoms with Crippen LogP contribution in [-0.4, -0.2) is 33.5 Å². The third kappa shape index (κ3) is 3.73. The van der Waals surface area contributed by atoms with Gasteiger partial charge in [0, 0.05) is 24.9 Å². The van der Waals surface area contributed by atoms with Crippen molar-refractivity contribution in [2.75, 3.05) is 6.54 Å². The van der Waals surface area contributed by atoms with Gasteiger partial charge < -0.3 is 10.4 Å². The molecule has 1 aromatic heterocycles. The van der Waals surface area contributed by atoms with E-state index in [-0.39, 0.29) is 11.1 Å². The van der Waals surface area contributed by atoms with Crippen LogP contribution in [0.25, 0.3) is 0 Å². The van der Waals surface area contributed by atoms with Gasteiger partial charge in [-0.3, -0.25) is 4.79 Å². The summed E-state index contributed by atoms with van der Waals surface area (Å²) in [6.45, 7) is 0.311. The number of amides is 1. The van der Waals surface area contributed by atoms with E-state index in [1.54, 1.807) is 12.4 Å². The van der Waals surface area contributed by atoms with Gasteiger partial charge in [-0.05, 0) is 43.0 Å². The van der Waals surface area contributed by atoms with Crippen LogP contribution in [0.2, 0.25) is 0 Å². The Bertz CT molecular complexity index is 773. The lowest BCUT2D eigenvalue weighted by atomic mass is 10.1. The molecule has 1 aliphatic rings. The molecule has 0 atom stereocenters. The minimum absolute atomic E-state index is 0.180. The summed E-state index contributed by atoms with van der Waals surface area (Å²) in [6, 6.07) is 3.20. The molecule has 7 heteroatoms. The number of hydrogen-bond donors (Lipinski definition) is 2. The number of rotatable bonds is 6. The molecule has 0 saturated heterocycles. The quantitative estimate of drug-likeness (QED) is 0.847. The minimum atomic E-state index is -1.24. The summed E-state index contributed by atoms with van der Waals surface area (Å²) >= 11 is 0. The molecule has 1 aromatic carbocycles. The highest BCUT2D eigenvalue weighted by Gasteiger charge is 2.26. The normalized spacial score (nSPS) is 13.5. The average molecular weight is 329 g/mol. The van der Waals surface area contributed by atoms with Gasteiger partial charge in [-0.15, -0.1) is 0 Å². The molecule has 1 fully saturated rings. The third-order valence-electron chi connectivity index (χ3n) is 3.83. The van der Waals surface area contributed by atoms with Crippen LogP contribution < -0.4 is 5.32 Å². The highest BCUT2D eigenvalue weighted by molar-refractivity contribution is 5.96. The fourth-order valence-corrected chi connectivity index (χ4v) is 2.29. The number of carbonyl (C=O) groups excluding carboxylic acids is 1. The molecule has 0 radical (unpaired) electrons. The zero-order chi connectivity index (χ0) is 17.1. The van der Waals surface area contributed by atoms with Crippen LogP contribution in [0.3, 0.4) is 0 Å². The molecule has 24 heavy (non-hydrogen) atoms. The molecule has 6 nitrogen and oxygen atoms in total. The second-order valence-corrected chi connectivity index (χ2v) is 5.73. The monoisotopic (exact) mass is 329 g/mol. The van der Waals surface area contributed by atoms with E-state index in [4.69, 9.17) is 5.11 Å². The number of hydrogen-bond acceptors (Lipinski definition) is 4. The molecule has 0 spiro atoms. The Morgan fingerprint density at radius 3 is 2.54 bits per heavy atom. The zero-order valence-corrected chi connectivity index (χ0v) is 12.8. The molecule has 0 bridgehead atoms. The van der Waals surface area contributed by atoms with E-state index in [2.05, 4.69) is 15.3 Å². The van der Waals surface area contributed by atoms with E-state index in [0.717, 1.165) is 30.3 Å². The predicted octanol–water partition coefficient (Wildman–Crippen LogP) is 2.16. The van der Waals surface area contributed by atoms with E-state index < -0.39 is 17.7 Å². The molecule has 1 heterocycles. The Labute approximate surface area is 137 Å². The highest BCUT2D eigenvalue weighted by Crippen LogP contribution is 2.37. The first-order chi connectivity index (χ1) is 11.5. The van der Waals surface area contributed by atoms with Crippen molar-refractivity contribution in [1.29, 1.82) is 0 Å². The molecule has 2 N–H and O–H groups in total. The molecule has 1 saturated carbocycles. The van der Waals surface area contributed by atoms with E-state index >= 15 is 0 Å². The van der Waals surface area contributed by atoms with E-state index in [9.17, 15) is 14.0 Å². The first kappa shape index (κ1) is 16.0. The van der Waals surface area contributed by atoms with E-state index in [1.165, 1.54) is 12.1 Å². The second-order valence-electron chi connectivity index (χ2n) is 5.73. The number of carboxylic acid groups (broad SMARTS) is 1. The lowest BCUT2D eigenvalue weighted by molar-refractivity contribution is 0.0695. The van der Waals surface area contributed by atoms with Crippen molar-refractivity contribution in [2.24, 2.45) is 0 Å². The Hall–Kier alpha value is -2.83. The predicted molar refractivity (Wildman–Crippen MR) is 83.4 cm³/mol. The summed E-state index contributed by atoms with van der Waals surface area (Å²) in [4.78, 5) is 31.3. The highest BCUT2D eigenvalue weighted by atomic mass is 19.1. The van der Waals surface area contributed by atoms with Gasteiger partial charge in [0.2, 0.25) is 0 Å². The average Bonchev–Trinajstić information content (AvgIpc) is 3.40. The van der Waals surface area contributed by atoms with E-state index in [1.807, 2.05) is 0 Å². The van der Waals surface area contributed by atoms with Crippen molar-refractivity contribution >= 4 is 11.9 Å². The van der Waals surface area contributed by atoms with Crippen LogP contribution in [0.1, 0.15) is 50.9 Å². The Kier molecular flexibility index (Phi) is 4.50. The molecular weight excluding hydrogens is 313 g/mol. The largest absolute Gasteiger partial charge is 0.478 e. The number of nitrogens with one attached hydrogen (secondary N) is 1. The first-order valence-corrected chi connectivity index (χ1v) is 7.66. The zero-order valence-electron chi connectivity index (χ0n) is 12.8. The summed E-state index contributed by atoms with van der Waals surface area (Å²) in [5, 5.41) is 11.4. The number of carbonyl (C=O) groups is 2. The molecular formula is C17H16FN3O3. The van der Waals surface area contributed by atoms with Crippen LogP contribution >= 0.6 is 0 Å². The summed E-state index contributed by atoms with van der Waals surface area (Å²) < 4.78 is 13.8. The lowest BCUT2D eigenvalue weighted by Crippen LogP contribution is -2.26. The Balaban J connectivity index is 1.54. The van der Waals surface area contributed by atoms with Gasteiger partial charge in [0.25, 0.3) is 5.91 Å². The van der Waals surface area contributed by atoms with Gasteiger partial charge in [0.15, 0.2) is 0 Å². The molecule has 1 amide bonds. The van der Waals surface area contributed by atoms with Crippen LogP contribution in [0, 0.1) is 5.82 Å². The third-order valence-corrected chi connectivity index (χ3v) is 3.83. The summed E-state index contributed by atoms with van der Waals surface area (Å²) in [5.41, 5.74) is 0.513. The Morgan fingerprint density at radius 1 is 1.25 bits per heavy atom. The molecule has 3 rings (SSSR count). The van der Waals surface area contributed by atoms with Gasteiger partial charge in [0.05, 0.1) is 11.1 Å². The van der Waals surface area contributed by atoms with Crippen LogP contribution in [-0.2, 0) is 6.42 Å². The van der Waals surface area contributed by atoms with Crippen LogP contribution in [0.15, 0.2) is 30.6 Å². The van der Waals surface area contributed by atoms with Gasteiger partial charge in [-0.2, -0.15) is 0 Å². The topological polar surface area (TPSA) is 92.2 Å². The summed E-state index contributed by atoms with van der Waals surface area (Å²) in [6.07, 6.45) is 6.30.